The number of aryl methyl sites for hydroxylation is 2. The number of carbonyl (C=O) groups excluding carboxylic acids is 1. The minimum atomic E-state index is -3.71. The summed E-state index contributed by atoms with van der Waals surface area (Å²) in [5.41, 5.74) is 3.10. The van der Waals surface area contributed by atoms with Crippen LogP contribution in [0.15, 0.2) is 65.7 Å². The zero-order chi connectivity index (χ0) is 24.1. The van der Waals surface area contributed by atoms with Gasteiger partial charge in [0, 0.05) is 17.9 Å². The summed E-state index contributed by atoms with van der Waals surface area (Å²) in [6, 6.07) is 15.2. The fourth-order valence-electron chi connectivity index (χ4n) is 3.84. The van der Waals surface area contributed by atoms with E-state index in [9.17, 15) is 13.2 Å². The Morgan fingerprint density at radius 2 is 1.79 bits per heavy atom. The van der Waals surface area contributed by atoms with Crippen LogP contribution >= 0.6 is 0 Å². The highest BCUT2D eigenvalue weighted by Gasteiger charge is 2.19. The maximum atomic E-state index is 12.9. The lowest BCUT2D eigenvalue weighted by molar-refractivity contribution is 0.0936. The molecule has 0 spiro atoms. The fourth-order valence-corrected chi connectivity index (χ4v) is 4.95. The number of fused-ring (bicyclic) bond motifs is 1. The van der Waals surface area contributed by atoms with Crippen LogP contribution in [0.4, 0.5) is 5.69 Å². The molecule has 1 amide bonds. The van der Waals surface area contributed by atoms with Crippen molar-refractivity contribution in [2.75, 3.05) is 4.72 Å². The summed E-state index contributed by atoms with van der Waals surface area (Å²) in [5.74, 6) is 0.366. The van der Waals surface area contributed by atoms with E-state index in [0.29, 0.717) is 17.0 Å². The monoisotopic (exact) mass is 479 g/mol. The van der Waals surface area contributed by atoms with Crippen LogP contribution in [0.25, 0.3) is 0 Å². The number of amides is 1. The third-order valence-corrected chi connectivity index (χ3v) is 7.34. The molecule has 178 valence electrons. The lowest BCUT2D eigenvalue weighted by Gasteiger charge is -2.17. The minimum absolute atomic E-state index is 0.0305. The van der Waals surface area contributed by atoms with E-state index in [2.05, 4.69) is 15.0 Å². The lowest BCUT2D eigenvalue weighted by Crippen LogP contribution is -2.32. The third-order valence-electron chi connectivity index (χ3n) is 5.96. The van der Waals surface area contributed by atoms with Crippen molar-refractivity contribution in [3.8, 4) is 11.6 Å². The van der Waals surface area contributed by atoms with Crippen LogP contribution in [-0.2, 0) is 22.9 Å². The lowest BCUT2D eigenvalue weighted by atomic mass is 9.92. The Bertz CT molecular complexity index is 1270. The Kier molecular flexibility index (Phi) is 7.17. The summed E-state index contributed by atoms with van der Waals surface area (Å²) in [6.07, 6.45) is 6.51. The molecule has 0 bridgehead atoms. The summed E-state index contributed by atoms with van der Waals surface area (Å²) >= 11 is 0. The average molecular weight is 480 g/mol. The van der Waals surface area contributed by atoms with Gasteiger partial charge < -0.3 is 10.1 Å². The summed E-state index contributed by atoms with van der Waals surface area (Å²) in [6.45, 7) is 3.92. The molecule has 8 heteroatoms. The van der Waals surface area contributed by atoms with Gasteiger partial charge >= 0.3 is 0 Å². The van der Waals surface area contributed by atoms with E-state index in [0.717, 1.165) is 37.7 Å². The Balaban J connectivity index is 1.47. The molecule has 0 radical (unpaired) electrons. The van der Waals surface area contributed by atoms with Gasteiger partial charge in [0.2, 0.25) is 5.88 Å². The molecule has 1 aliphatic carbocycles. The van der Waals surface area contributed by atoms with Crippen molar-refractivity contribution in [3.63, 3.8) is 0 Å². The van der Waals surface area contributed by atoms with Crippen molar-refractivity contribution in [1.82, 2.24) is 10.3 Å². The first-order chi connectivity index (χ1) is 16.4. The topological polar surface area (TPSA) is 97.4 Å². The molecule has 4 rings (SSSR count). The molecule has 1 heterocycles. The van der Waals surface area contributed by atoms with Crippen molar-refractivity contribution in [1.29, 1.82) is 0 Å². The van der Waals surface area contributed by atoms with Crippen LogP contribution in [-0.4, -0.2) is 25.4 Å². The van der Waals surface area contributed by atoms with E-state index in [1.54, 1.807) is 54.7 Å². The number of hydrogen-bond donors (Lipinski definition) is 2. The zero-order valence-electron chi connectivity index (χ0n) is 19.4. The van der Waals surface area contributed by atoms with Gasteiger partial charge in [0.15, 0.2) is 0 Å². The summed E-state index contributed by atoms with van der Waals surface area (Å²) in [5, 5.41) is 2.91. The molecular weight excluding hydrogens is 450 g/mol. The smallest absolute Gasteiger partial charge is 0.261 e. The van der Waals surface area contributed by atoms with Crippen molar-refractivity contribution >= 4 is 21.6 Å². The number of pyridine rings is 1. The largest absolute Gasteiger partial charge is 0.438 e. The van der Waals surface area contributed by atoms with Crippen LogP contribution in [0.3, 0.4) is 0 Å². The van der Waals surface area contributed by atoms with Crippen LogP contribution in [0.5, 0.6) is 11.6 Å². The molecule has 1 aliphatic rings. The number of aromatic nitrogens is 1. The second-order valence-corrected chi connectivity index (χ2v) is 10.2. The maximum Gasteiger partial charge on any atom is 0.261 e. The van der Waals surface area contributed by atoms with Gasteiger partial charge in [-0.15, -0.1) is 0 Å². The summed E-state index contributed by atoms with van der Waals surface area (Å²) < 4.78 is 34.3. The van der Waals surface area contributed by atoms with Crippen LogP contribution in [0.2, 0.25) is 0 Å². The summed E-state index contributed by atoms with van der Waals surface area (Å²) in [4.78, 5) is 17.0. The van der Waals surface area contributed by atoms with Gasteiger partial charge in [-0.05, 0) is 98.7 Å². The number of ether oxygens (including phenoxy) is 1. The second kappa shape index (κ2) is 10.3. The molecule has 34 heavy (non-hydrogen) atoms. The first kappa shape index (κ1) is 23.8. The van der Waals surface area contributed by atoms with E-state index in [1.807, 2.05) is 19.9 Å². The molecule has 0 saturated heterocycles. The Morgan fingerprint density at radius 1 is 1.06 bits per heavy atom. The average Bonchev–Trinajstić information content (AvgIpc) is 2.85. The number of benzene rings is 2. The van der Waals surface area contributed by atoms with Gasteiger partial charge in [-0.2, -0.15) is 0 Å². The van der Waals surface area contributed by atoms with E-state index in [-0.39, 0.29) is 22.7 Å². The van der Waals surface area contributed by atoms with Crippen molar-refractivity contribution in [2.24, 2.45) is 0 Å². The highest BCUT2D eigenvalue weighted by molar-refractivity contribution is 7.92. The van der Waals surface area contributed by atoms with Gasteiger partial charge in [-0.1, -0.05) is 13.0 Å². The van der Waals surface area contributed by atoms with Gasteiger partial charge in [-0.3, -0.25) is 9.52 Å². The molecule has 3 aromatic rings. The molecule has 0 saturated carbocycles. The number of nitrogens with one attached hydrogen (secondary N) is 2. The van der Waals surface area contributed by atoms with Crippen LogP contribution < -0.4 is 14.8 Å². The molecular formula is C26H29N3O4S. The first-order valence-electron chi connectivity index (χ1n) is 11.5. The predicted octanol–water partition coefficient (Wildman–Crippen LogP) is 5.08. The number of nitrogens with zero attached hydrogens (tertiary/aromatic N) is 1. The molecule has 7 nitrogen and oxygen atoms in total. The van der Waals surface area contributed by atoms with Crippen LogP contribution in [0.1, 0.15) is 54.6 Å². The molecule has 0 unspecified atom stereocenters. The molecule has 1 aromatic heterocycles. The Hall–Kier alpha value is -3.39. The van der Waals surface area contributed by atoms with Gasteiger partial charge in [0.05, 0.1) is 4.90 Å². The zero-order valence-corrected chi connectivity index (χ0v) is 20.2. The Labute approximate surface area is 200 Å². The Morgan fingerprint density at radius 3 is 2.53 bits per heavy atom. The van der Waals surface area contributed by atoms with Crippen molar-refractivity contribution < 1.29 is 17.9 Å². The third kappa shape index (κ3) is 5.56. The van der Waals surface area contributed by atoms with E-state index < -0.39 is 10.0 Å². The normalized spacial score (nSPS) is 14.1. The van der Waals surface area contributed by atoms with Gasteiger partial charge in [-0.25, -0.2) is 13.4 Å². The molecule has 1 atom stereocenters. The summed E-state index contributed by atoms with van der Waals surface area (Å²) in [7, 11) is -3.71. The SMILES string of the molecule is CC[C@H](C)NC(=O)c1cccnc1Oc1ccc(NS(=O)(=O)c2ccc3c(c2)CCCC3)cc1. The highest BCUT2D eigenvalue weighted by atomic mass is 32.2. The van der Waals surface area contributed by atoms with Gasteiger partial charge in [0.1, 0.15) is 11.3 Å². The minimum Gasteiger partial charge on any atom is -0.438 e. The standard InChI is InChI=1S/C26H29N3O4S/c1-3-18(2)28-25(30)24-9-6-16-27-26(24)33-22-13-11-21(12-14-22)29-34(31,32)23-15-10-19-7-4-5-8-20(19)17-23/h6,9-18,29H,3-5,7-8H2,1-2H3,(H,28,30)/t18-/m0/s1. The van der Waals surface area contributed by atoms with E-state index in [4.69, 9.17) is 4.74 Å². The van der Waals surface area contributed by atoms with E-state index in [1.165, 1.54) is 5.56 Å². The number of carbonyl (C=O) groups is 1. The first-order valence-corrected chi connectivity index (χ1v) is 13.0. The molecule has 0 aliphatic heterocycles. The number of anilines is 1. The number of hydrogen-bond acceptors (Lipinski definition) is 5. The fraction of sp³-hybridized carbons (Fsp3) is 0.308. The second-order valence-electron chi connectivity index (χ2n) is 8.51. The molecule has 2 aromatic carbocycles. The molecule has 2 N–H and O–H groups in total. The van der Waals surface area contributed by atoms with Crippen molar-refractivity contribution in [3.05, 3.63) is 77.5 Å². The number of rotatable bonds is 8. The predicted molar refractivity (Wildman–Crippen MR) is 132 cm³/mol. The maximum absolute atomic E-state index is 12.9. The van der Waals surface area contributed by atoms with E-state index >= 15 is 0 Å². The number of sulfonamides is 1. The van der Waals surface area contributed by atoms with Crippen molar-refractivity contribution in [2.45, 2.75) is 56.9 Å². The highest BCUT2D eigenvalue weighted by Crippen LogP contribution is 2.27. The quantitative estimate of drug-likeness (QED) is 0.469. The van der Waals surface area contributed by atoms with Gasteiger partial charge in [0.25, 0.3) is 15.9 Å². The van der Waals surface area contributed by atoms with Crippen LogP contribution in [0, 0.1) is 0 Å². The molecule has 0 fully saturated rings.